The molecule has 0 aliphatic rings. The lowest BCUT2D eigenvalue weighted by molar-refractivity contribution is 0.626. The van der Waals surface area contributed by atoms with Gasteiger partial charge in [-0.05, 0) is 13.8 Å². The van der Waals surface area contributed by atoms with Crippen molar-refractivity contribution >= 4 is 11.0 Å². The van der Waals surface area contributed by atoms with E-state index < -0.39 is 0 Å². The molecule has 0 aliphatic carbocycles. The van der Waals surface area contributed by atoms with Gasteiger partial charge in [0.05, 0.1) is 11.1 Å². The van der Waals surface area contributed by atoms with Crippen molar-refractivity contribution in [3.8, 4) is 0 Å². The minimum absolute atomic E-state index is 0.315. The Morgan fingerprint density at radius 3 is 3.00 bits per heavy atom. The molecule has 0 bridgehead atoms. The fourth-order valence-electron chi connectivity index (χ4n) is 1.41. The number of nitrogens with zero attached hydrogens (tertiary/aromatic N) is 2. The summed E-state index contributed by atoms with van der Waals surface area (Å²) in [6.45, 7) is 3.91. The zero-order valence-corrected chi connectivity index (χ0v) is 7.97. The lowest BCUT2D eigenvalue weighted by Crippen LogP contribution is -2.21. The highest BCUT2D eigenvalue weighted by Gasteiger charge is 2.10. The van der Waals surface area contributed by atoms with Gasteiger partial charge in [0.1, 0.15) is 5.65 Å². The molecule has 1 N–H and O–H groups in total. The number of rotatable bonds is 1. The third-order valence-corrected chi connectivity index (χ3v) is 2.21. The minimum atomic E-state index is -0.360. The molecule has 0 aromatic carbocycles. The van der Waals surface area contributed by atoms with E-state index in [1.54, 1.807) is 6.92 Å². The predicted octanol–water partition coefficient (Wildman–Crippen LogP) is 1.19. The van der Waals surface area contributed by atoms with Crippen LogP contribution >= 0.6 is 0 Å². The molecule has 0 saturated carbocycles. The molecule has 0 unspecified atom stereocenters. The quantitative estimate of drug-likeness (QED) is 0.743. The predicted molar refractivity (Wildman–Crippen MR) is 50.7 cm³/mol. The summed E-state index contributed by atoms with van der Waals surface area (Å²) in [6, 6.07) is 0. The lowest BCUT2D eigenvalue weighted by atomic mass is 10.3. The molecular weight excluding hydrogens is 185 g/mol. The summed E-state index contributed by atoms with van der Waals surface area (Å²) in [5, 5.41) is 0.365. The molecular formula is C9H10FN3O. The largest absolute Gasteiger partial charge is 0.349 e. The topological polar surface area (TPSA) is 50.7 Å². The van der Waals surface area contributed by atoms with Crippen molar-refractivity contribution in [1.29, 1.82) is 0 Å². The maximum Gasteiger partial charge on any atom is 0.349 e. The van der Waals surface area contributed by atoms with E-state index in [9.17, 15) is 9.18 Å². The van der Waals surface area contributed by atoms with E-state index in [0.717, 1.165) is 0 Å². The lowest BCUT2D eigenvalue weighted by Gasteiger charge is -1.98. The Morgan fingerprint density at radius 1 is 1.64 bits per heavy atom. The van der Waals surface area contributed by atoms with Crippen molar-refractivity contribution < 1.29 is 4.39 Å². The van der Waals surface area contributed by atoms with Gasteiger partial charge in [-0.25, -0.2) is 9.18 Å². The smallest absolute Gasteiger partial charge is 0.341 e. The molecule has 0 atom stereocenters. The average Bonchev–Trinajstić information content (AvgIpc) is 2.41. The number of aromatic nitrogens is 3. The van der Waals surface area contributed by atoms with Crippen LogP contribution in [0.4, 0.5) is 4.39 Å². The Labute approximate surface area is 79.4 Å². The summed E-state index contributed by atoms with van der Waals surface area (Å²) in [5.74, 6) is -0.338. The number of hydrogen-bond donors (Lipinski definition) is 1. The summed E-state index contributed by atoms with van der Waals surface area (Å²) in [7, 11) is 0. The second-order valence-electron chi connectivity index (χ2n) is 3.14. The van der Waals surface area contributed by atoms with Gasteiger partial charge >= 0.3 is 5.69 Å². The van der Waals surface area contributed by atoms with Crippen molar-refractivity contribution in [2.75, 3.05) is 0 Å². The molecule has 4 nitrogen and oxygen atoms in total. The fraction of sp³-hybridized carbons (Fsp3) is 0.333. The van der Waals surface area contributed by atoms with Crippen LogP contribution in [0, 0.1) is 12.7 Å². The third kappa shape index (κ3) is 1.13. The third-order valence-electron chi connectivity index (χ3n) is 2.21. The summed E-state index contributed by atoms with van der Waals surface area (Å²) < 4.78 is 14.8. The van der Waals surface area contributed by atoms with Crippen LogP contribution < -0.4 is 5.69 Å². The molecule has 0 amide bonds. The Kier molecular flexibility index (Phi) is 1.87. The fourth-order valence-corrected chi connectivity index (χ4v) is 1.41. The first-order valence-electron chi connectivity index (χ1n) is 4.38. The van der Waals surface area contributed by atoms with E-state index in [2.05, 4.69) is 9.97 Å². The van der Waals surface area contributed by atoms with Crippen LogP contribution in [0.1, 0.15) is 12.6 Å². The average molecular weight is 195 g/mol. The highest BCUT2D eigenvalue weighted by molar-refractivity contribution is 5.76. The van der Waals surface area contributed by atoms with Gasteiger partial charge in [-0.1, -0.05) is 0 Å². The summed E-state index contributed by atoms with van der Waals surface area (Å²) in [5.41, 5.74) is 0.358. The van der Waals surface area contributed by atoms with E-state index in [-0.39, 0.29) is 11.5 Å². The Balaban J connectivity index is 2.87. The van der Waals surface area contributed by atoms with Crippen LogP contribution in [0.25, 0.3) is 11.0 Å². The maximum absolute atomic E-state index is 13.4. The van der Waals surface area contributed by atoms with Crippen LogP contribution in [-0.2, 0) is 6.54 Å². The molecule has 2 aromatic rings. The van der Waals surface area contributed by atoms with E-state index in [1.165, 1.54) is 10.8 Å². The van der Waals surface area contributed by atoms with Crippen molar-refractivity contribution in [3.63, 3.8) is 0 Å². The van der Waals surface area contributed by atoms with E-state index >= 15 is 0 Å². The first-order valence-corrected chi connectivity index (χ1v) is 4.38. The van der Waals surface area contributed by atoms with Gasteiger partial charge in [0, 0.05) is 12.7 Å². The van der Waals surface area contributed by atoms with Crippen molar-refractivity contribution in [3.05, 3.63) is 28.2 Å². The zero-order chi connectivity index (χ0) is 10.3. The van der Waals surface area contributed by atoms with Gasteiger partial charge in [-0.2, -0.15) is 4.98 Å². The van der Waals surface area contributed by atoms with Crippen molar-refractivity contribution in [2.45, 2.75) is 20.4 Å². The molecule has 2 aromatic heterocycles. The number of fused-ring (bicyclic) bond motifs is 1. The molecule has 14 heavy (non-hydrogen) atoms. The van der Waals surface area contributed by atoms with Crippen molar-refractivity contribution in [1.82, 2.24) is 14.5 Å². The number of aryl methyl sites for hydroxylation is 2. The van der Waals surface area contributed by atoms with Gasteiger partial charge in [0.15, 0.2) is 5.82 Å². The summed E-state index contributed by atoms with van der Waals surface area (Å²) in [4.78, 5) is 17.8. The minimum Gasteiger partial charge on any atom is -0.341 e. The van der Waals surface area contributed by atoms with Gasteiger partial charge in [-0.3, -0.25) is 4.57 Å². The Hall–Kier alpha value is -1.65. The normalized spacial score (nSPS) is 11.1. The second-order valence-corrected chi connectivity index (χ2v) is 3.14. The van der Waals surface area contributed by atoms with Crippen LogP contribution in [0.3, 0.4) is 0 Å². The molecule has 74 valence electrons. The van der Waals surface area contributed by atoms with E-state index in [4.69, 9.17) is 0 Å². The number of H-pyrrole nitrogens is 1. The Morgan fingerprint density at radius 2 is 2.36 bits per heavy atom. The monoisotopic (exact) mass is 195 g/mol. The first-order chi connectivity index (χ1) is 6.63. The number of nitrogens with one attached hydrogen (secondary N) is 1. The molecule has 0 saturated heterocycles. The highest BCUT2D eigenvalue weighted by atomic mass is 19.1. The Bertz CT molecular complexity index is 541. The molecule has 5 heteroatoms. The summed E-state index contributed by atoms with van der Waals surface area (Å²) in [6.07, 6.45) is 1.49. The van der Waals surface area contributed by atoms with Crippen LogP contribution in [0.2, 0.25) is 0 Å². The number of aromatic amines is 1. The van der Waals surface area contributed by atoms with Gasteiger partial charge < -0.3 is 4.98 Å². The SMILES string of the molecule is CCn1cc2c(F)c(C)[nH]c2nc1=O. The van der Waals surface area contributed by atoms with E-state index in [1.807, 2.05) is 6.92 Å². The first kappa shape index (κ1) is 8.93. The molecule has 0 aliphatic heterocycles. The van der Waals surface area contributed by atoms with E-state index in [0.29, 0.717) is 23.3 Å². The van der Waals surface area contributed by atoms with Crippen LogP contribution in [0.15, 0.2) is 11.0 Å². The zero-order valence-electron chi connectivity index (χ0n) is 7.97. The van der Waals surface area contributed by atoms with Gasteiger partial charge in [0.2, 0.25) is 0 Å². The van der Waals surface area contributed by atoms with Crippen molar-refractivity contribution in [2.24, 2.45) is 0 Å². The molecule has 0 spiro atoms. The van der Waals surface area contributed by atoms with Crippen LogP contribution in [-0.4, -0.2) is 14.5 Å². The van der Waals surface area contributed by atoms with Gasteiger partial charge in [0.25, 0.3) is 0 Å². The maximum atomic E-state index is 13.4. The molecule has 0 fully saturated rings. The molecule has 2 heterocycles. The molecule has 0 radical (unpaired) electrons. The standard InChI is InChI=1S/C9H10FN3O/c1-3-13-4-6-7(10)5(2)11-8(6)12-9(13)14/h4H,3H2,1-2H3,(H,11,12,14). The highest BCUT2D eigenvalue weighted by Crippen LogP contribution is 2.16. The van der Waals surface area contributed by atoms with Gasteiger partial charge in [-0.15, -0.1) is 0 Å². The number of hydrogen-bond acceptors (Lipinski definition) is 2. The molecule has 2 rings (SSSR count). The number of halogens is 1. The summed E-state index contributed by atoms with van der Waals surface area (Å²) >= 11 is 0. The van der Waals surface area contributed by atoms with Crippen LogP contribution in [0.5, 0.6) is 0 Å². The second kappa shape index (κ2) is 2.94.